The zero-order valence-corrected chi connectivity index (χ0v) is 10.6. The molecule has 1 aromatic carbocycles. The quantitative estimate of drug-likeness (QED) is 0.805. The molecule has 0 radical (unpaired) electrons. The molecule has 3 rings (SSSR count). The fourth-order valence-corrected chi connectivity index (χ4v) is 3.10. The number of hydrogen-bond donors (Lipinski definition) is 1. The van der Waals surface area contributed by atoms with Crippen molar-refractivity contribution in [2.75, 3.05) is 30.4 Å². The van der Waals surface area contributed by atoms with Crippen LogP contribution in [0.1, 0.15) is 19.8 Å². The van der Waals surface area contributed by atoms with Gasteiger partial charge in [0.1, 0.15) is 5.75 Å². The highest BCUT2D eigenvalue weighted by Crippen LogP contribution is 2.39. The molecule has 0 amide bonds. The second-order valence-corrected chi connectivity index (χ2v) is 5.14. The molecule has 92 valence electrons. The fraction of sp³-hybridized carbons (Fsp3) is 0.571. The van der Waals surface area contributed by atoms with E-state index in [0.717, 1.165) is 18.2 Å². The first-order valence-electron chi connectivity index (χ1n) is 6.48. The molecule has 2 atom stereocenters. The Morgan fingerprint density at radius 3 is 3.12 bits per heavy atom. The first-order valence-corrected chi connectivity index (χ1v) is 6.48. The summed E-state index contributed by atoms with van der Waals surface area (Å²) in [7, 11) is 1.73. The molecular weight excluding hydrogens is 212 g/mol. The maximum absolute atomic E-state index is 5.33. The zero-order valence-electron chi connectivity index (χ0n) is 10.6. The van der Waals surface area contributed by atoms with Crippen LogP contribution in [0.5, 0.6) is 5.75 Å². The SMILES string of the molecule is COc1ccc2c(c1)N1CCCC(C)C1CN2. The number of nitrogens with one attached hydrogen (secondary N) is 1. The van der Waals surface area contributed by atoms with E-state index in [0.29, 0.717) is 6.04 Å². The molecule has 2 aliphatic heterocycles. The summed E-state index contributed by atoms with van der Waals surface area (Å²) in [5, 5.41) is 3.55. The lowest BCUT2D eigenvalue weighted by molar-refractivity contribution is 0.350. The summed E-state index contributed by atoms with van der Waals surface area (Å²) in [6, 6.07) is 6.96. The van der Waals surface area contributed by atoms with Gasteiger partial charge in [0.25, 0.3) is 0 Å². The maximum atomic E-state index is 5.33. The lowest BCUT2D eigenvalue weighted by Crippen LogP contribution is -2.51. The lowest BCUT2D eigenvalue weighted by atomic mass is 9.88. The van der Waals surface area contributed by atoms with E-state index in [9.17, 15) is 0 Å². The number of nitrogens with zero attached hydrogens (tertiary/aromatic N) is 1. The Kier molecular flexibility index (Phi) is 2.61. The summed E-state index contributed by atoms with van der Waals surface area (Å²) in [5.41, 5.74) is 2.56. The number of methoxy groups -OCH3 is 1. The second kappa shape index (κ2) is 4.13. The van der Waals surface area contributed by atoms with E-state index >= 15 is 0 Å². The average molecular weight is 232 g/mol. The standard InChI is InChI=1S/C14H20N2O/c1-10-4-3-7-16-13-8-11(17-2)5-6-12(13)15-9-14(10)16/h5-6,8,10,14-15H,3-4,7,9H2,1-2H3. The van der Waals surface area contributed by atoms with Gasteiger partial charge in [0.05, 0.1) is 18.5 Å². The Morgan fingerprint density at radius 1 is 1.41 bits per heavy atom. The molecule has 0 saturated carbocycles. The van der Waals surface area contributed by atoms with Gasteiger partial charge in [-0.3, -0.25) is 0 Å². The van der Waals surface area contributed by atoms with Gasteiger partial charge in [-0.2, -0.15) is 0 Å². The van der Waals surface area contributed by atoms with Crippen LogP contribution >= 0.6 is 0 Å². The largest absolute Gasteiger partial charge is 0.497 e. The van der Waals surface area contributed by atoms with Gasteiger partial charge in [0.15, 0.2) is 0 Å². The predicted molar refractivity (Wildman–Crippen MR) is 71.0 cm³/mol. The molecule has 1 saturated heterocycles. The third-order valence-electron chi connectivity index (χ3n) is 4.13. The first kappa shape index (κ1) is 10.8. The number of benzene rings is 1. The van der Waals surface area contributed by atoms with Crippen LogP contribution in [0.15, 0.2) is 18.2 Å². The van der Waals surface area contributed by atoms with E-state index in [-0.39, 0.29) is 0 Å². The average Bonchev–Trinajstić information content (AvgIpc) is 2.38. The summed E-state index contributed by atoms with van der Waals surface area (Å²) in [6.07, 6.45) is 2.65. The van der Waals surface area contributed by atoms with Crippen molar-refractivity contribution in [3.63, 3.8) is 0 Å². The minimum atomic E-state index is 0.642. The van der Waals surface area contributed by atoms with Crippen LogP contribution in [0.2, 0.25) is 0 Å². The molecule has 1 fully saturated rings. The second-order valence-electron chi connectivity index (χ2n) is 5.14. The molecule has 3 nitrogen and oxygen atoms in total. The number of fused-ring (bicyclic) bond motifs is 3. The molecule has 2 heterocycles. The molecule has 2 unspecified atom stereocenters. The van der Waals surface area contributed by atoms with Crippen LogP contribution in [0.4, 0.5) is 11.4 Å². The smallest absolute Gasteiger partial charge is 0.121 e. The highest BCUT2D eigenvalue weighted by molar-refractivity contribution is 5.74. The molecule has 0 aliphatic carbocycles. The van der Waals surface area contributed by atoms with E-state index in [2.05, 4.69) is 29.3 Å². The Morgan fingerprint density at radius 2 is 2.29 bits per heavy atom. The predicted octanol–water partition coefficient (Wildman–Crippen LogP) is 2.73. The van der Waals surface area contributed by atoms with Crippen molar-refractivity contribution in [2.24, 2.45) is 5.92 Å². The highest BCUT2D eigenvalue weighted by atomic mass is 16.5. The maximum Gasteiger partial charge on any atom is 0.121 e. The van der Waals surface area contributed by atoms with Crippen molar-refractivity contribution in [3.05, 3.63) is 18.2 Å². The van der Waals surface area contributed by atoms with Gasteiger partial charge in [-0.15, -0.1) is 0 Å². The van der Waals surface area contributed by atoms with Gasteiger partial charge in [-0.1, -0.05) is 6.92 Å². The molecule has 0 bridgehead atoms. The van der Waals surface area contributed by atoms with Crippen molar-refractivity contribution < 1.29 is 4.74 Å². The molecule has 0 aromatic heterocycles. The number of anilines is 2. The van der Waals surface area contributed by atoms with E-state index in [1.54, 1.807) is 7.11 Å². The minimum absolute atomic E-state index is 0.642. The van der Waals surface area contributed by atoms with E-state index in [1.165, 1.54) is 30.8 Å². The van der Waals surface area contributed by atoms with Crippen molar-refractivity contribution in [3.8, 4) is 5.75 Å². The summed E-state index contributed by atoms with van der Waals surface area (Å²) >= 11 is 0. The number of ether oxygens (including phenoxy) is 1. The third-order valence-corrected chi connectivity index (χ3v) is 4.13. The van der Waals surface area contributed by atoms with Crippen molar-refractivity contribution >= 4 is 11.4 Å². The Bertz CT molecular complexity index is 419. The van der Waals surface area contributed by atoms with Crippen molar-refractivity contribution in [1.82, 2.24) is 0 Å². The third kappa shape index (κ3) is 1.74. The van der Waals surface area contributed by atoms with Crippen molar-refractivity contribution in [2.45, 2.75) is 25.8 Å². The van der Waals surface area contributed by atoms with Crippen LogP contribution in [0.3, 0.4) is 0 Å². The van der Waals surface area contributed by atoms with Gasteiger partial charge in [0.2, 0.25) is 0 Å². The van der Waals surface area contributed by atoms with E-state index in [1.807, 2.05) is 6.07 Å². The molecule has 1 aromatic rings. The summed E-state index contributed by atoms with van der Waals surface area (Å²) in [6.45, 7) is 4.61. The summed E-state index contributed by atoms with van der Waals surface area (Å²) in [4.78, 5) is 2.56. The number of piperidine rings is 1. The van der Waals surface area contributed by atoms with E-state index in [4.69, 9.17) is 4.74 Å². The van der Waals surface area contributed by atoms with Crippen LogP contribution in [0.25, 0.3) is 0 Å². The van der Waals surface area contributed by atoms with E-state index < -0.39 is 0 Å². The normalized spacial score (nSPS) is 26.8. The first-order chi connectivity index (χ1) is 8.29. The zero-order chi connectivity index (χ0) is 11.8. The topological polar surface area (TPSA) is 24.5 Å². The van der Waals surface area contributed by atoms with Crippen LogP contribution in [-0.4, -0.2) is 26.2 Å². The van der Waals surface area contributed by atoms with Gasteiger partial charge in [0, 0.05) is 25.2 Å². The summed E-state index contributed by atoms with van der Waals surface area (Å²) < 4.78 is 5.33. The van der Waals surface area contributed by atoms with Gasteiger partial charge >= 0.3 is 0 Å². The molecular formula is C14H20N2O. The van der Waals surface area contributed by atoms with Crippen molar-refractivity contribution in [1.29, 1.82) is 0 Å². The van der Waals surface area contributed by atoms with Gasteiger partial charge in [-0.05, 0) is 30.9 Å². The van der Waals surface area contributed by atoms with Crippen LogP contribution < -0.4 is 15.0 Å². The highest BCUT2D eigenvalue weighted by Gasteiger charge is 2.32. The Labute approximate surface area is 103 Å². The van der Waals surface area contributed by atoms with Gasteiger partial charge in [-0.25, -0.2) is 0 Å². The number of hydrogen-bond acceptors (Lipinski definition) is 3. The fourth-order valence-electron chi connectivity index (χ4n) is 3.10. The monoisotopic (exact) mass is 232 g/mol. The molecule has 17 heavy (non-hydrogen) atoms. The molecule has 1 N–H and O–H groups in total. The van der Waals surface area contributed by atoms with Gasteiger partial charge < -0.3 is 15.0 Å². The van der Waals surface area contributed by atoms with Crippen LogP contribution in [0, 0.1) is 5.92 Å². The molecule has 2 aliphatic rings. The summed E-state index contributed by atoms with van der Waals surface area (Å²) in [5.74, 6) is 1.72. The Balaban J connectivity index is 1.98. The number of rotatable bonds is 1. The molecule has 3 heteroatoms. The Hall–Kier alpha value is -1.38. The molecule has 0 spiro atoms. The van der Waals surface area contributed by atoms with Crippen LogP contribution in [-0.2, 0) is 0 Å². The minimum Gasteiger partial charge on any atom is -0.497 e. The lowest BCUT2D eigenvalue weighted by Gasteiger charge is -2.45.